The van der Waals surface area contributed by atoms with E-state index in [0.29, 0.717) is 12.0 Å². The van der Waals surface area contributed by atoms with Gasteiger partial charge in [0.25, 0.3) is 0 Å². The molecule has 3 N–H and O–H groups in total. The van der Waals surface area contributed by atoms with Crippen LogP contribution in [0, 0.1) is 0 Å². The Balaban J connectivity index is 1.93. The number of nitrogens with two attached hydrogens (primary N) is 1. The average molecular weight is 259 g/mol. The van der Waals surface area contributed by atoms with E-state index < -0.39 is 0 Å². The number of nitrogens with zero attached hydrogens (tertiary/aromatic N) is 1. The topological polar surface area (TPSA) is 50.4 Å². The Morgan fingerprint density at radius 3 is 2.53 bits per heavy atom. The number of benzene rings is 1. The largest absolute Gasteiger partial charge is 0.370 e. The highest BCUT2D eigenvalue weighted by molar-refractivity contribution is 5.78. The molecule has 104 valence electrons. The molecule has 0 aliphatic heterocycles. The van der Waals surface area contributed by atoms with Crippen LogP contribution < -0.4 is 11.1 Å². The first-order chi connectivity index (χ1) is 9.19. The first-order valence-electron chi connectivity index (χ1n) is 7.37. The number of guanidine groups is 1. The van der Waals surface area contributed by atoms with E-state index in [1.54, 1.807) is 0 Å². The van der Waals surface area contributed by atoms with Gasteiger partial charge in [-0.1, -0.05) is 44.0 Å². The van der Waals surface area contributed by atoms with E-state index in [2.05, 4.69) is 48.4 Å². The van der Waals surface area contributed by atoms with Gasteiger partial charge < -0.3 is 11.1 Å². The first kappa shape index (κ1) is 13.9. The average Bonchev–Trinajstić information content (AvgIpc) is 2.91. The Morgan fingerprint density at radius 1 is 1.32 bits per heavy atom. The summed E-state index contributed by atoms with van der Waals surface area (Å²) < 4.78 is 0. The molecule has 3 heteroatoms. The van der Waals surface area contributed by atoms with Crippen LogP contribution in [0.5, 0.6) is 0 Å². The van der Waals surface area contributed by atoms with E-state index in [-0.39, 0.29) is 6.04 Å². The minimum Gasteiger partial charge on any atom is -0.370 e. The molecule has 1 aliphatic carbocycles. The molecule has 0 bridgehead atoms. The van der Waals surface area contributed by atoms with Crippen molar-refractivity contribution in [2.45, 2.75) is 58.0 Å². The van der Waals surface area contributed by atoms with E-state index in [9.17, 15) is 0 Å². The molecule has 0 aromatic heterocycles. The molecule has 0 spiro atoms. The lowest BCUT2D eigenvalue weighted by Crippen LogP contribution is -2.34. The summed E-state index contributed by atoms with van der Waals surface area (Å²) in [6, 6.07) is 9.33. The standard InChI is InChI=1S/C16H25N3/c1-3-13-8-10-14(11-9-13)12(2)18-16(17)19-15-6-4-5-7-15/h8-12,15H,3-7H2,1-2H3,(H3,17,18,19). The van der Waals surface area contributed by atoms with Gasteiger partial charge in [-0.25, -0.2) is 0 Å². The highest BCUT2D eigenvalue weighted by atomic mass is 15.1. The zero-order chi connectivity index (χ0) is 13.7. The van der Waals surface area contributed by atoms with Gasteiger partial charge in [0.1, 0.15) is 0 Å². The molecule has 1 atom stereocenters. The number of hydrogen-bond donors (Lipinski definition) is 2. The van der Waals surface area contributed by atoms with Crippen molar-refractivity contribution < 1.29 is 0 Å². The van der Waals surface area contributed by atoms with Crippen LogP contribution in [0.1, 0.15) is 56.7 Å². The number of aryl methyl sites for hydroxylation is 1. The van der Waals surface area contributed by atoms with Crippen LogP contribution in [0.2, 0.25) is 0 Å². The third-order valence-electron chi connectivity index (χ3n) is 3.90. The number of hydrogen-bond acceptors (Lipinski definition) is 1. The first-order valence-corrected chi connectivity index (χ1v) is 7.37. The molecule has 0 radical (unpaired) electrons. The van der Waals surface area contributed by atoms with Crippen molar-refractivity contribution in [3.05, 3.63) is 35.4 Å². The summed E-state index contributed by atoms with van der Waals surface area (Å²) in [6.07, 6.45) is 6.02. The maximum absolute atomic E-state index is 5.99. The molecular formula is C16H25N3. The smallest absolute Gasteiger partial charge is 0.189 e. The number of rotatable bonds is 4. The number of nitrogens with one attached hydrogen (secondary N) is 1. The third kappa shape index (κ3) is 3.98. The quantitative estimate of drug-likeness (QED) is 0.644. The second-order valence-corrected chi connectivity index (χ2v) is 5.41. The van der Waals surface area contributed by atoms with E-state index >= 15 is 0 Å². The Morgan fingerprint density at radius 2 is 1.95 bits per heavy atom. The summed E-state index contributed by atoms with van der Waals surface area (Å²) in [6.45, 7) is 4.29. The van der Waals surface area contributed by atoms with Crippen LogP contribution >= 0.6 is 0 Å². The summed E-state index contributed by atoms with van der Waals surface area (Å²) in [5.41, 5.74) is 8.60. The SMILES string of the molecule is CCc1ccc(C(C)NC(N)=NC2CCCC2)cc1. The predicted octanol–water partition coefficient (Wildman–Crippen LogP) is 3.16. The molecule has 1 aromatic carbocycles. The molecule has 1 fully saturated rings. The maximum atomic E-state index is 5.99. The third-order valence-corrected chi connectivity index (χ3v) is 3.90. The monoisotopic (exact) mass is 259 g/mol. The Labute approximate surface area is 116 Å². The predicted molar refractivity (Wildman–Crippen MR) is 81.2 cm³/mol. The van der Waals surface area contributed by atoms with E-state index in [1.165, 1.54) is 36.8 Å². The van der Waals surface area contributed by atoms with E-state index in [0.717, 1.165) is 6.42 Å². The Bertz CT molecular complexity index is 416. The Kier molecular flexibility index (Phi) is 4.83. The highest BCUT2D eigenvalue weighted by Crippen LogP contribution is 2.21. The normalized spacial score (nSPS) is 18.5. The Hall–Kier alpha value is -1.51. The molecule has 1 aromatic rings. The summed E-state index contributed by atoms with van der Waals surface area (Å²) in [4.78, 5) is 4.56. The van der Waals surface area contributed by atoms with Gasteiger partial charge in [0.05, 0.1) is 12.1 Å². The van der Waals surface area contributed by atoms with Crippen LogP contribution in [-0.2, 0) is 6.42 Å². The lowest BCUT2D eigenvalue weighted by Gasteiger charge is -2.16. The highest BCUT2D eigenvalue weighted by Gasteiger charge is 2.14. The molecule has 1 aliphatic rings. The van der Waals surface area contributed by atoms with Crippen molar-refractivity contribution >= 4 is 5.96 Å². The van der Waals surface area contributed by atoms with Gasteiger partial charge in [-0.3, -0.25) is 4.99 Å². The summed E-state index contributed by atoms with van der Waals surface area (Å²) >= 11 is 0. The van der Waals surface area contributed by atoms with Crippen molar-refractivity contribution in [2.24, 2.45) is 10.7 Å². The van der Waals surface area contributed by atoms with Crippen molar-refractivity contribution in [3.63, 3.8) is 0 Å². The minimum atomic E-state index is 0.205. The molecule has 1 unspecified atom stereocenters. The van der Waals surface area contributed by atoms with Crippen molar-refractivity contribution in [3.8, 4) is 0 Å². The zero-order valence-corrected chi connectivity index (χ0v) is 12.0. The molecular weight excluding hydrogens is 234 g/mol. The van der Waals surface area contributed by atoms with Gasteiger partial charge in [0.2, 0.25) is 0 Å². The van der Waals surface area contributed by atoms with Gasteiger partial charge >= 0.3 is 0 Å². The fourth-order valence-corrected chi connectivity index (χ4v) is 2.61. The van der Waals surface area contributed by atoms with E-state index in [4.69, 9.17) is 5.73 Å². The second-order valence-electron chi connectivity index (χ2n) is 5.41. The molecule has 19 heavy (non-hydrogen) atoms. The fourth-order valence-electron chi connectivity index (χ4n) is 2.61. The van der Waals surface area contributed by atoms with Crippen LogP contribution in [-0.4, -0.2) is 12.0 Å². The van der Waals surface area contributed by atoms with Gasteiger partial charge in [0, 0.05) is 0 Å². The van der Waals surface area contributed by atoms with Crippen molar-refractivity contribution in [1.82, 2.24) is 5.32 Å². The van der Waals surface area contributed by atoms with Crippen LogP contribution in [0.3, 0.4) is 0 Å². The van der Waals surface area contributed by atoms with Gasteiger partial charge in [0.15, 0.2) is 5.96 Å². The van der Waals surface area contributed by atoms with Crippen molar-refractivity contribution in [1.29, 1.82) is 0 Å². The fraction of sp³-hybridized carbons (Fsp3) is 0.562. The number of aliphatic imine (C=N–C) groups is 1. The van der Waals surface area contributed by atoms with Gasteiger partial charge in [-0.05, 0) is 37.3 Å². The molecule has 0 heterocycles. The second kappa shape index (κ2) is 6.60. The molecule has 3 nitrogen and oxygen atoms in total. The van der Waals surface area contributed by atoms with Gasteiger partial charge in [-0.15, -0.1) is 0 Å². The molecule has 0 amide bonds. The van der Waals surface area contributed by atoms with Crippen LogP contribution in [0.4, 0.5) is 0 Å². The van der Waals surface area contributed by atoms with Crippen molar-refractivity contribution in [2.75, 3.05) is 0 Å². The molecule has 2 rings (SSSR count). The van der Waals surface area contributed by atoms with Gasteiger partial charge in [-0.2, -0.15) is 0 Å². The van der Waals surface area contributed by atoms with E-state index in [1.807, 2.05) is 0 Å². The molecule has 1 saturated carbocycles. The lowest BCUT2D eigenvalue weighted by atomic mass is 10.1. The lowest BCUT2D eigenvalue weighted by molar-refractivity contribution is 0.669. The summed E-state index contributed by atoms with van der Waals surface area (Å²) in [5.74, 6) is 0.582. The summed E-state index contributed by atoms with van der Waals surface area (Å²) in [5, 5.41) is 3.29. The van der Waals surface area contributed by atoms with Crippen LogP contribution in [0.15, 0.2) is 29.3 Å². The van der Waals surface area contributed by atoms with Crippen LogP contribution in [0.25, 0.3) is 0 Å². The maximum Gasteiger partial charge on any atom is 0.189 e. The molecule has 0 saturated heterocycles. The summed E-state index contributed by atoms with van der Waals surface area (Å²) in [7, 11) is 0. The zero-order valence-electron chi connectivity index (χ0n) is 12.0. The minimum absolute atomic E-state index is 0.205.